The molecule has 5 amide bonds. The van der Waals surface area contributed by atoms with E-state index in [-0.39, 0.29) is 74.2 Å². The zero-order valence-electron chi connectivity index (χ0n) is 54.2. The summed E-state index contributed by atoms with van der Waals surface area (Å²) in [6.07, 6.45) is 0.0183. The van der Waals surface area contributed by atoms with Gasteiger partial charge in [-0.25, -0.2) is 14.4 Å². The van der Waals surface area contributed by atoms with Gasteiger partial charge in [-0.1, -0.05) is 52.0 Å². The van der Waals surface area contributed by atoms with Crippen LogP contribution in [0.4, 0.5) is 21.9 Å². The van der Waals surface area contributed by atoms with Gasteiger partial charge in [0, 0.05) is 70.1 Å². The molecule has 0 bridgehead atoms. The number of hydrogen-bond donors (Lipinski definition) is 3. The number of rotatable bonds is 28. The Kier molecular flexibility index (Phi) is 22.8. The third-order valence-corrected chi connectivity index (χ3v) is 19.3. The molecule has 9 rings (SSSR count). The lowest BCUT2D eigenvalue weighted by Crippen LogP contribution is -2.63. The van der Waals surface area contributed by atoms with Crippen LogP contribution in [0.2, 0.25) is 0 Å². The summed E-state index contributed by atoms with van der Waals surface area (Å²) >= 11 is 1.17. The summed E-state index contributed by atoms with van der Waals surface area (Å²) in [6.45, 7) is 8.09. The topological polar surface area (TPSA) is 332 Å². The lowest BCUT2D eigenvalue weighted by Gasteiger charge is -2.46. The van der Waals surface area contributed by atoms with Gasteiger partial charge in [-0.05, 0) is 141 Å². The Hall–Kier alpha value is -9.89. The third-order valence-electron chi connectivity index (χ3n) is 17.8. The monoisotopic (exact) mass is 1340 g/mol. The average molecular weight is 1340 g/mol. The number of aryl methyl sites for hydroxylation is 1. The number of aliphatic hydroxyl groups is 1. The number of carbonyl (C=O) groups is 8. The number of anilines is 1. The molecular weight excluding hydrogens is 1260 g/mol. The van der Waals surface area contributed by atoms with Crippen LogP contribution in [-0.2, 0) is 62.6 Å². The highest BCUT2D eigenvalue weighted by molar-refractivity contribution is 8.03. The molecule has 508 valence electrons. The maximum atomic E-state index is 14.5. The van der Waals surface area contributed by atoms with Gasteiger partial charge in [0.1, 0.15) is 49.5 Å². The quantitative estimate of drug-likeness (QED) is 0.00798. The van der Waals surface area contributed by atoms with Crippen molar-refractivity contribution in [2.75, 3.05) is 45.8 Å². The molecule has 0 unspecified atom stereocenters. The molecule has 4 aliphatic heterocycles. The van der Waals surface area contributed by atoms with Gasteiger partial charge < -0.3 is 54.0 Å². The number of methoxy groups -OCH3 is 2. The second-order valence-electron chi connectivity index (χ2n) is 24.6. The average Bonchev–Trinajstić information content (AvgIpc) is 1.55. The SMILES string of the molecule is CCC(C)(C)C(=O)C(=O)N1CCCC[C@H]1C(=O)O[C@H](CCc1ccc(OC)c(OC)c1)c1cccc(OCCNC(=O)c2cccc(NC(=O)[C@@H]3C[C@H](SC4=C(C(=O)OCc5ccc([N+](=O)[O-])cc5)N5C(=O)[C@H]([C@@H](C)O)[C@H]5[C@H]4C)CN3C(=O)OCc3ccc([N+](=O)[O-])cc3)c2)c1. The zero-order valence-corrected chi connectivity index (χ0v) is 55.0. The molecule has 0 radical (unpaired) electrons. The maximum absolute atomic E-state index is 14.5. The van der Waals surface area contributed by atoms with Crippen molar-refractivity contribution in [1.82, 2.24) is 20.0 Å². The number of likely N-dealkylation sites (tertiary alicyclic amines) is 2. The number of Topliss-reactive ketones (excluding diaryl/α,β-unsaturated/α-hetero) is 1. The molecule has 0 aromatic heterocycles. The fourth-order valence-electron chi connectivity index (χ4n) is 12.1. The predicted molar refractivity (Wildman–Crippen MR) is 349 cm³/mol. The molecule has 4 aliphatic rings. The molecule has 3 N–H and O–H groups in total. The molecule has 3 saturated heterocycles. The first-order valence-electron chi connectivity index (χ1n) is 31.6. The van der Waals surface area contributed by atoms with E-state index >= 15 is 0 Å². The molecule has 5 aromatic rings. The maximum Gasteiger partial charge on any atom is 0.410 e. The first-order valence-corrected chi connectivity index (χ1v) is 32.5. The van der Waals surface area contributed by atoms with E-state index in [9.17, 15) is 63.7 Å². The van der Waals surface area contributed by atoms with Crippen molar-refractivity contribution in [2.45, 2.75) is 128 Å². The molecule has 27 heteroatoms. The van der Waals surface area contributed by atoms with E-state index in [0.717, 1.165) is 5.56 Å². The van der Waals surface area contributed by atoms with Crippen LogP contribution in [0.1, 0.15) is 112 Å². The van der Waals surface area contributed by atoms with Crippen molar-refractivity contribution in [1.29, 1.82) is 0 Å². The Balaban J connectivity index is 0.869. The molecule has 96 heavy (non-hydrogen) atoms. The van der Waals surface area contributed by atoms with Crippen molar-refractivity contribution in [3.63, 3.8) is 0 Å². The van der Waals surface area contributed by atoms with Gasteiger partial charge in [0.05, 0.1) is 48.7 Å². The Morgan fingerprint density at radius 1 is 0.792 bits per heavy atom. The molecule has 3 fully saturated rings. The zero-order chi connectivity index (χ0) is 69.1. The van der Waals surface area contributed by atoms with Gasteiger partial charge in [-0.3, -0.25) is 49.1 Å². The number of nitro benzene ring substituents is 2. The van der Waals surface area contributed by atoms with E-state index in [1.54, 1.807) is 63.2 Å². The number of piperidine rings is 1. The van der Waals surface area contributed by atoms with Gasteiger partial charge in [0.2, 0.25) is 17.6 Å². The number of fused-ring (bicyclic) bond motifs is 1. The minimum atomic E-state index is -1.20. The number of nitrogens with zero attached hydrogens (tertiary/aromatic N) is 5. The highest BCUT2D eigenvalue weighted by atomic mass is 32.2. The van der Waals surface area contributed by atoms with E-state index in [4.69, 9.17) is 28.4 Å². The van der Waals surface area contributed by atoms with Crippen molar-refractivity contribution < 1.29 is 81.7 Å². The molecule has 8 atom stereocenters. The number of nitro groups is 2. The fourth-order valence-corrected chi connectivity index (χ4v) is 13.6. The van der Waals surface area contributed by atoms with Crippen LogP contribution in [0.3, 0.4) is 0 Å². The second kappa shape index (κ2) is 31.1. The first kappa shape index (κ1) is 70.4. The second-order valence-corrected chi connectivity index (χ2v) is 25.9. The van der Waals surface area contributed by atoms with Crippen molar-refractivity contribution in [2.24, 2.45) is 17.3 Å². The Labute approximate surface area is 558 Å². The molecule has 0 aliphatic carbocycles. The van der Waals surface area contributed by atoms with Crippen molar-refractivity contribution in [3.8, 4) is 17.2 Å². The van der Waals surface area contributed by atoms with E-state index in [1.165, 1.54) is 108 Å². The number of esters is 2. The number of hydrogen-bond acceptors (Lipinski definition) is 20. The fraction of sp³-hybridized carbons (Fsp3) is 0.420. The third kappa shape index (κ3) is 16.2. The lowest BCUT2D eigenvalue weighted by atomic mass is 9.79. The van der Waals surface area contributed by atoms with Crippen LogP contribution in [-0.4, -0.2) is 147 Å². The normalized spacial score (nSPS) is 19.6. The summed E-state index contributed by atoms with van der Waals surface area (Å²) in [5, 5.41) is 38.3. The van der Waals surface area contributed by atoms with Crippen molar-refractivity contribution in [3.05, 3.63) is 174 Å². The molecule has 5 aromatic carbocycles. The van der Waals surface area contributed by atoms with E-state index in [2.05, 4.69) is 10.6 Å². The number of thioether (sulfide) groups is 1. The Bertz CT molecular complexity index is 3800. The molecule has 0 spiro atoms. The predicted octanol–water partition coefficient (Wildman–Crippen LogP) is 9.20. The number of ketones is 1. The smallest absolute Gasteiger partial charge is 0.410 e. The molecular formula is C69H77N7O19S. The minimum absolute atomic E-state index is 0.000387. The van der Waals surface area contributed by atoms with Crippen LogP contribution in [0.5, 0.6) is 17.2 Å². The van der Waals surface area contributed by atoms with Gasteiger partial charge in [-0.2, -0.15) is 0 Å². The van der Waals surface area contributed by atoms with Crippen LogP contribution in [0.25, 0.3) is 0 Å². The van der Waals surface area contributed by atoms with Crippen LogP contribution in [0, 0.1) is 37.5 Å². The van der Waals surface area contributed by atoms with Gasteiger partial charge >= 0.3 is 18.0 Å². The van der Waals surface area contributed by atoms with Gasteiger partial charge in [-0.15, -0.1) is 11.8 Å². The van der Waals surface area contributed by atoms with Crippen molar-refractivity contribution >= 4 is 76.3 Å². The van der Waals surface area contributed by atoms with E-state index < -0.39 is 110 Å². The summed E-state index contributed by atoms with van der Waals surface area (Å²) in [6, 6.07) is 26.6. The largest absolute Gasteiger partial charge is 0.493 e. The summed E-state index contributed by atoms with van der Waals surface area (Å²) < 4.78 is 34.8. The van der Waals surface area contributed by atoms with Crippen LogP contribution < -0.4 is 24.8 Å². The van der Waals surface area contributed by atoms with E-state index in [0.29, 0.717) is 77.4 Å². The summed E-state index contributed by atoms with van der Waals surface area (Å²) in [4.78, 5) is 137. The number of nitrogens with one attached hydrogen (secondary N) is 2. The number of ether oxygens (including phenoxy) is 6. The first-order chi connectivity index (χ1) is 45.9. The standard InChI is InChI=1S/C69H77N7O19S/c1-8-69(4,5)61(78)65(82)72-31-10-9-17-52(72)66(83)95-54(28-22-42-23-29-55(90-6)56(33-42)91-7)45-13-12-16-50(35-45)92-32-30-70-62(79)46-14-11-15-47(34-46)71-63(80)53-36-51(37-73(53)68(85)94-39-44-20-26-49(27-21-44)76(88)89)96-60-40(2)58-57(41(3)77)64(81)74(58)59(60)67(84)93-38-43-18-24-48(25-19-43)75(86)87/h11-16,18-21,23-27,29,33-35,40-41,51-54,57-58,77H,8-10,17,22,28,30-32,36-39H2,1-7H3,(H,70,79)(H,71,80)/t40-,41-,51+,52+,53+,54-,57-,58-/m1/s1. The number of β-lactam (4-membered cyclic amide) rings is 1. The minimum Gasteiger partial charge on any atom is -0.493 e. The number of non-ortho nitro benzene ring substituents is 2. The number of benzene rings is 5. The molecule has 26 nitrogen and oxygen atoms in total. The summed E-state index contributed by atoms with van der Waals surface area (Å²) in [5.74, 6) is -4.33. The van der Waals surface area contributed by atoms with E-state index in [1.807, 2.05) is 19.1 Å². The van der Waals surface area contributed by atoms with Crippen LogP contribution >= 0.6 is 11.8 Å². The highest BCUT2D eigenvalue weighted by Crippen LogP contribution is 2.53. The van der Waals surface area contributed by atoms with Crippen LogP contribution in [0.15, 0.2) is 126 Å². The summed E-state index contributed by atoms with van der Waals surface area (Å²) in [5.41, 5.74) is 1.38. The van der Waals surface area contributed by atoms with Gasteiger partial charge in [0.15, 0.2) is 11.5 Å². The molecule has 4 heterocycles. The number of carbonyl (C=O) groups excluding carboxylic acids is 8. The Morgan fingerprint density at radius 2 is 1.45 bits per heavy atom. The Morgan fingerprint density at radius 3 is 2.09 bits per heavy atom. The lowest BCUT2D eigenvalue weighted by molar-refractivity contribution is -0.385. The molecule has 0 saturated carbocycles. The number of aliphatic hydroxyl groups excluding tert-OH is 1. The summed E-state index contributed by atoms with van der Waals surface area (Å²) in [7, 11) is 3.07. The highest BCUT2D eigenvalue weighted by Gasteiger charge is 2.61. The number of amides is 5. The van der Waals surface area contributed by atoms with Gasteiger partial charge in [0.25, 0.3) is 23.2 Å².